The van der Waals surface area contributed by atoms with Crippen LogP contribution >= 0.6 is 0 Å². The minimum absolute atomic E-state index is 0.00352. The first-order valence-electron chi connectivity index (χ1n) is 18.0. The lowest BCUT2D eigenvalue weighted by Crippen LogP contribution is -2.60. The molecule has 0 aliphatic carbocycles. The maximum atomic E-state index is 14.0. The van der Waals surface area contributed by atoms with Crippen LogP contribution in [0.15, 0.2) is 0 Å². The molecule has 13 heteroatoms. The van der Waals surface area contributed by atoms with Gasteiger partial charge in [-0.05, 0) is 81.3 Å². The van der Waals surface area contributed by atoms with Gasteiger partial charge in [-0.15, -0.1) is 0 Å². The first kappa shape index (κ1) is 42.2. The Morgan fingerprint density at radius 2 is 1.57 bits per heavy atom. The third kappa shape index (κ3) is 9.79. The van der Waals surface area contributed by atoms with Crippen LogP contribution in [0.5, 0.6) is 0 Å². The van der Waals surface area contributed by atoms with E-state index in [2.05, 4.69) is 0 Å². The van der Waals surface area contributed by atoms with Crippen molar-refractivity contribution in [2.24, 2.45) is 17.8 Å². The van der Waals surface area contributed by atoms with Crippen molar-refractivity contribution in [3.05, 3.63) is 0 Å². The number of carbonyl (C=O) groups excluding carboxylic acids is 2. The van der Waals surface area contributed by atoms with Crippen LogP contribution in [0.4, 0.5) is 0 Å². The molecule has 3 rings (SSSR count). The van der Waals surface area contributed by atoms with Gasteiger partial charge in [-0.2, -0.15) is 0 Å². The Labute approximate surface area is 292 Å². The summed E-state index contributed by atoms with van der Waals surface area (Å²) in [6, 6.07) is -0.287. The van der Waals surface area contributed by atoms with Gasteiger partial charge in [0.15, 0.2) is 12.6 Å². The molecule has 0 aromatic rings. The second-order valence-electron chi connectivity index (χ2n) is 15.9. The fourth-order valence-corrected chi connectivity index (χ4v) is 7.94. The summed E-state index contributed by atoms with van der Waals surface area (Å²) in [6.07, 6.45) is -6.99. The quantitative estimate of drug-likeness (QED) is 0.285. The molecule has 0 aromatic carbocycles. The molecule has 3 heterocycles. The van der Waals surface area contributed by atoms with Crippen molar-refractivity contribution in [3.8, 4) is 0 Å². The number of esters is 1. The Bertz CT molecular complexity index is 1100. The molecular weight excluding hydrogens is 638 g/mol. The Kier molecular flexibility index (Phi) is 14.3. The van der Waals surface area contributed by atoms with Crippen molar-refractivity contribution in [2.75, 3.05) is 21.2 Å². The number of Topliss-reactive ketones (excluding diaryl/α,β-unsaturated/α-hetero) is 1. The molecule has 3 saturated heterocycles. The molecule has 0 radical (unpaired) electrons. The van der Waals surface area contributed by atoms with Crippen LogP contribution in [0.2, 0.25) is 0 Å². The molecule has 286 valence electrons. The van der Waals surface area contributed by atoms with Crippen LogP contribution in [-0.2, 0) is 38.0 Å². The number of methoxy groups -OCH3 is 1. The standard InChI is InChI=1S/C36H65NO12/c1-13-26-35(8,43)17-19(2)25(38)14-15-34(7,42)31(49-33-28(39)24(37(10)11)16-20(3)45-33)21(4)29(22(5)32(41)47-26)48-27-18-36(9,44-12)30(40)23(6)46-27/h19-24,26-31,33,39-40,42-43H,13-18H2,1-12H3/t19?,20-,21+,22-,23+,24+,26-,27+,28-,29+,30+,31-,33?,34+,35+,36-/m1/s1. The summed E-state index contributed by atoms with van der Waals surface area (Å²) in [5.74, 6) is -3.13. The number of cyclic esters (lactones) is 1. The number of nitrogens with zero attached hydrogens (tertiary/aromatic N) is 1. The molecule has 2 unspecified atom stereocenters. The van der Waals surface area contributed by atoms with Gasteiger partial charge in [0, 0.05) is 37.8 Å². The highest BCUT2D eigenvalue weighted by molar-refractivity contribution is 5.80. The number of aliphatic hydroxyl groups excluding tert-OH is 2. The van der Waals surface area contributed by atoms with E-state index < -0.39 is 89.7 Å². The molecule has 3 fully saturated rings. The second kappa shape index (κ2) is 16.6. The van der Waals surface area contributed by atoms with E-state index in [0.29, 0.717) is 12.8 Å². The van der Waals surface area contributed by atoms with E-state index in [1.165, 1.54) is 7.11 Å². The fourth-order valence-electron chi connectivity index (χ4n) is 7.94. The molecule has 3 aliphatic rings. The Hall–Kier alpha value is -1.26. The predicted octanol–water partition coefficient (Wildman–Crippen LogP) is 2.57. The van der Waals surface area contributed by atoms with Crippen LogP contribution in [0.1, 0.15) is 101 Å². The van der Waals surface area contributed by atoms with Crippen molar-refractivity contribution < 1.29 is 58.4 Å². The van der Waals surface area contributed by atoms with E-state index in [1.807, 2.05) is 25.9 Å². The highest BCUT2D eigenvalue weighted by atomic mass is 16.7. The molecule has 49 heavy (non-hydrogen) atoms. The molecular formula is C36H65NO12. The van der Waals surface area contributed by atoms with Crippen molar-refractivity contribution in [1.29, 1.82) is 0 Å². The van der Waals surface area contributed by atoms with Gasteiger partial charge in [0.25, 0.3) is 0 Å². The first-order chi connectivity index (χ1) is 22.6. The minimum atomic E-state index is -1.67. The normalized spacial score (nSPS) is 48.2. The zero-order chi connectivity index (χ0) is 37.2. The van der Waals surface area contributed by atoms with Gasteiger partial charge >= 0.3 is 5.97 Å². The number of ketones is 1. The molecule has 0 spiro atoms. The molecule has 13 nitrogen and oxygen atoms in total. The third-order valence-electron chi connectivity index (χ3n) is 11.3. The minimum Gasteiger partial charge on any atom is -0.459 e. The number of likely N-dealkylation sites (N-methyl/N-ethyl adjacent to an activating group) is 1. The van der Waals surface area contributed by atoms with Crippen LogP contribution in [0, 0.1) is 17.8 Å². The van der Waals surface area contributed by atoms with Crippen LogP contribution in [0.3, 0.4) is 0 Å². The summed E-state index contributed by atoms with van der Waals surface area (Å²) >= 11 is 0. The Morgan fingerprint density at radius 1 is 0.939 bits per heavy atom. The van der Waals surface area contributed by atoms with Gasteiger partial charge in [-0.1, -0.05) is 20.8 Å². The van der Waals surface area contributed by atoms with Gasteiger partial charge < -0.3 is 53.7 Å². The Morgan fingerprint density at radius 3 is 2.14 bits per heavy atom. The number of carbonyl (C=O) groups is 2. The average Bonchev–Trinajstić information content (AvgIpc) is 3.02. The lowest BCUT2D eigenvalue weighted by atomic mass is 9.77. The van der Waals surface area contributed by atoms with Crippen molar-refractivity contribution in [1.82, 2.24) is 4.90 Å². The smallest absolute Gasteiger partial charge is 0.311 e. The van der Waals surface area contributed by atoms with E-state index in [0.717, 1.165) is 0 Å². The Balaban J connectivity index is 2.12. The summed E-state index contributed by atoms with van der Waals surface area (Å²) < 4.78 is 37.1. The zero-order valence-corrected chi connectivity index (χ0v) is 31.8. The molecule has 4 N–H and O–H groups in total. The van der Waals surface area contributed by atoms with Crippen molar-refractivity contribution >= 4 is 11.8 Å². The topological polar surface area (TPSA) is 174 Å². The maximum absolute atomic E-state index is 14.0. The maximum Gasteiger partial charge on any atom is 0.311 e. The monoisotopic (exact) mass is 703 g/mol. The second-order valence-corrected chi connectivity index (χ2v) is 15.9. The summed E-state index contributed by atoms with van der Waals surface area (Å²) in [7, 11) is 5.23. The van der Waals surface area contributed by atoms with Crippen molar-refractivity contribution in [2.45, 2.75) is 179 Å². The number of ether oxygens (including phenoxy) is 6. The zero-order valence-electron chi connectivity index (χ0n) is 31.8. The van der Waals surface area contributed by atoms with Gasteiger partial charge in [0.1, 0.15) is 24.1 Å². The number of aliphatic hydroxyl groups is 4. The lowest BCUT2D eigenvalue weighted by molar-refractivity contribution is -0.317. The van der Waals surface area contributed by atoms with E-state index in [1.54, 1.807) is 55.4 Å². The van der Waals surface area contributed by atoms with E-state index >= 15 is 0 Å². The van der Waals surface area contributed by atoms with Crippen LogP contribution in [-0.4, -0.2) is 136 Å². The van der Waals surface area contributed by atoms with Gasteiger partial charge in [-0.3, -0.25) is 9.59 Å². The van der Waals surface area contributed by atoms with Gasteiger partial charge in [-0.25, -0.2) is 0 Å². The predicted molar refractivity (Wildman–Crippen MR) is 180 cm³/mol. The average molecular weight is 704 g/mol. The van der Waals surface area contributed by atoms with Gasteiger partial charge in [0.2, 0.25) is 0 Å². The van der Waals surface area contributed by atoms with Crippen molar-refractivity contribution in [3.63, 3.8) is 0 Å². The summed E-state index contributed by atoms with van der Waals surface area (Å²) in [6.45, 7) is 15.4. The highest BCUT2D eigenvalue weighted by Gasteiger charge is 2.52. The molecule has 3 aliphatic heterocycles. The number of rotatable bonds is 7. The van der Waals surface area contributed by atoms with E-state index in [-0.39, 0.29) is 43.6 Å². The summed E-state index contributed by atoms with van der Waals surface area (Å²) in [5, 5.41) is 45.9. The third-order valence-corrected chi connectivity index (χ3v) is 11.3. The summed E-state index contributed by atoms with van der Waals surface area (Å²) in [4.78, 5) is 29.3. The van der Waals surface area contributed by atoms with Crippen LogP contribution in [0.25, 0.3) is 0 Å². The number of hydrogen-bond acceptors (Lipinski definition) is 13. The SMILES string of the molecule is CC[C@H]1OC(=O)[C@H](C)[C@@H](O[C@H]2C[C@@](C)(OC)[C@@H](O)[C@H](C)O2)[C@H](C)[C@@H](OC2O[C@H](C)C[C@H](N(C)C)[C@H]2O)[C@@](C)(O)CCC(=O)C(C)C[C@]1(C)O. The van der Waals surface area contributed by atoms with Gasteiger partial charge in [0.05, 0.1) is 47.1 Å². The molecule has 0 saturated carbocycles. The summed E-state index contributed by atoms with van der Waals surface area (Å²) in [5.41, 5.74) is -4.18. The fraction of sp³-hybridized carbons (Fsp3) is 0.944. The molecule has 0 amide bonds. The molecule has 0 bridgehead atoms. The largest absolute Gasteiger partial charge is 0.459 e. The van der Waals surface area contributed by atoms with E-state index in [4.69, 9.17) is 28.4 Å². The molecule has 0 aromatic heterocycles. The lowest BCUT2D eigenvalue weighted by Gasteiger charge is -2.48. The highest BCUT2D eigenvalue weighted by Crippen LogP contribution is 2.40. The molecule has 16 atom stereocenters. The first-order valence-corrected chi connectivity index (χ1v) is 18.0. The number of hydrogen-bond donors (Lipinski definition) is 4. The van der Waals surface area contributed by atoms with Crippen LogP contribution < -0.4 is 0 Å². The van der Waals surface area contributed by atoms with E-state index in [9.17, 15) is 30.0 Å².